The number of para-hydroxylation sites is 4. The van der Waals surface area contributed by atoms with Crippen LogP contribution in [0.2, 0.25) is 0 Å². The maximum Gasteiger partial charge on any atom is 0.255 e. The van der Waals surface area contributed by atoms with Gasteiger partial charge in [-0.25, -0.2) is 4.98 Å². The molecule has 0 aliphatic rings. The largest absolute Gasteiger partial charge is 0.493 e. The van der Waals surface area contributed by atoms with Crippen LogP contribution in [-0.4, -0.2) is 46.1 Å². The fraction of sp³-hybridized carbons (Fsp3) is 0.208. The number of carbonyl (C=O) groups is 1. The quantitative estimate of drug-likeness (QED) is 0.437. The van der Waals surface area contributed by atoms with Gasteiger partial charge in [-0.15, -0.1) is 0 Å². The van der Waals surface area contributed by atoms with Gasteiger partial charge < -0.3 is 18.9 Å². The minimum absolute atomic E-state index is 0.100. The molecule has 0 saturated heterocycles. The van der Waals surface area contributed by atoms with E-state index in [4.69, 9.17) is 14.5 Å². The average Bonchev–Trinajstić information content (AvgIpc) is 3.16. The topological polar surface area (TPSA) is 69.5 Å². The molecule has 7 nitrogen and oxygen atoms in total. The summed E-state index contributed by atoms with van der Waals surface area (Å²) >= 11 is 0. The molecule has 0 bridgehead atoms. The molecule has 7 heteroatoms. The summed E-state index contributed by atoms with van der Waals surface area (Å²) in [5.41, 5.74) is 2.44. The SMILES string of the molecule is COc1ccccc1OCCn1c(CN(C)C(=O)c2cccnc2)nc2ccccc21. The van der Waals surface area contributed by atoms with Gasteiger partial charge in [0.2, 0.25) is 0 Å². The molecule has 0 spiro atoms. The van der Waals surface area contributed by atoms with E-state index in [0.29, 0.717) is 36.8 Å². The Morgan fingerprint density at radius 1 is 1.03 bits per heavy atom. The molecule has 0 radical (unpaired) electrons. The van der Waals surface area contributed by atoms with E-state index in [2.05, 4.69) is 9.55 Å². The van der Waals surface area contributed by atoms with E-state index >= 15 is 0 Å². The summed E-state index contributed by atoms with van der Waals surface area (Å²) in [6.45, 7) is 1.40. The molecule has 0 atom stereocenters. The number of hydrogen-bond acceptors (Lipinski definition) is 5. The molecule has 0 unspecified atom stereocenters. The monoisotopic (exact) mass is 416 g/mol. The maximum atomic E-state index is 12.8. The third-order valence-corrected chi connectivity index (χ3v) is 5.01. The molecule has 31 heavy (non-hydrogen) atoms. The van der Waals surface area contributed by atoms with Crippen LogP contribution in [0.3, 0.4) is 0 Å². The van der Waals surface area contributed by atoms with Crippen molar-refractivity contribution in [2.45, 2.75) is 13.1 Å². The predicted octanol–water partition coefficient (Wildman–Crippen LogP) is 3.79. The number of fused-ring (bicyclic) bond motifs is 1. The van der Waals surface area contributed by atoms with Gasteiger partial charge >= 0.3 is 0 Å². The van der Waals surface area contributed by atoms with Gasteiger partial charge in [0.15, 0.2) is 11.5 Å². The Morgan fingerprint density at radius 2 is 1.81 bits per heavy atom. The molecule has 2 aromatic carbocycles. The summed E-state index contributed by atoms with van der Waals surface area (Å²) in [6, 6.07) is 19.0. The molecule has 1 amide bonds. The fourth-order valence-corrected chi connectivity index (χ4v) is 3.47. The van der Waals surface area contributed by atoms with E-state index in [9.17, 15) is 4.79 Å². The minimum Gasteiger partial charge on any atom is -0.493 e. The van der Waals surface area contributed by atoms with E-state index in [1.807, 2.05) is 48.5 Å². The van der Waals surface area contributed by atoms with Gasteiger partial charge in [0.25, 0.3) is 5.91 Å². The first-order valence-electron chi connectivity index (χ1n) is 10.0. The first-order valence-corrected chi connectivity index (χ1v) is 10.0. The third-order valence-electron chi connectivity index (χ3n) is 5.01. The summed E-state index contributed by atoms with van der Waals surface area (Å²) in [6.07, 6.45) is 3.22. The van der Waals surface area contributed by atoms with Crippen LogP contribution in [0.15, 0.2) is 73.1 Å². The summed E-state index contributed by atoms with van der Waals surface area (Å²) < 4.78 is 13.4. The first kappa shape index (κ1) is 20.4. The smallest absolute Gasteiger partial charge is 0.255 e. The molecule has 2 heterocycles. The number of aromatic nitrogens is 3. The van der Waals surface area contributed by atoms with Crippen molar-refractivity contribution in [1.82, 2.24) is 19.4 Å². The average molecular weight is 416 g/mol. The van der Waals surface area contributed by atoms with Crippen LogP contribution >= 0.6 is 0 Å². The Kier molecular flexibility index (Phi) is 6.12. The lowest BCUT2D eigenvalue weighted by atomic mass is 10.2. The van der Waals surface area contributed by atoms with Crippen LogP contribution in [0.1, 0.15) is 16.2 Å². The highest BCUT2D eigenvalue weighted by molar-refractivity contribution is 5.93. The van der Waals surface area contributed by atoms with Crippen molar-refractivity contribution in [2.24, 2.45) is 0 Å². The van der Waals surface area contributed by atoms with Crippen molar-refractivity contribution in [2.75, 3.05) is 20.8 Å². The second kappa shape index (κ2) is 9.30. The highest BCUT2D eigenvalue weighted by atomic mass is 16.5. The second-order valence-corrected chi connectivity index (χ2v) is 7.07. The number of pyridine rings is 1. The van der Waals surface area contributed by atoms with Crippen LogP contribution in [0.5, 0.6) is 11.5 Å². The maximum absolute atomic E-state index is 12.8. The van der Waals surface area contributed by atoms with E-state index in [0.717, 1.165) is 16.9 Å². The van der Waals surface area contributed by atoms with Gasteiger partial charge in [-0.2, -0.15) is 0 Å². The van der Waals surface area contributed by atoms with Crippen molar-refractivity contribution in [3.63, 3.8) is 0 Å². The van der Waals surface area contributed by atoms with Crippen LogP contribution in [-0.2, 0) is 13.1 Å². The van der Waals surface area contributed by atoms with E-state index in [1.165, 1.54) is 0 Å². The molecule has 2 aromatic heterocycles. The molecule has 4 aromatic rings. The van der Waals surface area contributed by atoms with Gasteiger partial charge in [-0.1, -0.05) is 24.3 Å². The lowest BCUT2D eigenvalue weighted by Crippen LogP contribution is -2.28. The van der Waals surface area contributed by atoms with Gasteiger partial charge in [-0.3, -0.25) is 9.78 Å². The molecule has 158 valence electrons. The first-order chi connectivity index (χ1) is 15.2. The molecule has 0 saturated carbocycles. The summed E-state index contributed by atoms with van der Waals surface area (Å²) in [4.78, 5) is 23.2. The zero-order valence-electron chi connectivity index (χ0n) is 17.6. The van der Waals surface area contributed by atoms with Gasteiger partial charge in [0.05, 0.1) is 36.8 Å². The van der Waals surface area contributed by atoms with Crippen molar-refractivity contribution in [3.05, 3.63) is 84.4 Å². The molecule has 0 aliphatic carbocycles. The Bertz CT molecular complexity index is 1170. The normalized spacial score (nSPS) is 10.8. The molecular formula is C24H24N4O3. The lowest BCUT2D eigenvalue weighted by molar-refractivity contribution is 0.0779. The molecule has 0 N–H and O–H groups in total. The predicted molar refractivity (Wildman–Crippen MR) is 118 cm³/mol. The standard InChI is InChI=1S/C24H24N4O3/c1-27(24(29)18-8-7-13-25-16-18)17-23-26-19-9-3-4-10-20(19)28(23)14-15-31-22-12-6-5-11-21(22)30-2/h3-13,16H,14-15,17H2,1-2H3. The van der Waals surface area contributed by atoms with E-state index < -0.39 is 0 Å². The zero-order valence-corrected chi connectivity index (χ0v) is 17.6. The Morgan fingerprint density at radius 3 is 2.58 bits per heavy atom. The van der Waals surface area contributed by atoms with Crippen LogP contribution in [0, 0.1) is 0 Å². The molecule has 0 aliphatic heterocycles. The lowest BCUT2D eigenvalue weighted by Gasteiger charge is -2.18. The molecular weight excluding hydrogens is 392 g/mol. The minimum atomic E-state index is -0.100. The number of benzene rings is 2. The number of ether oxygens (including phenoxy) is 2. The highest BCUT2D eigenvalue weighted by Gasteiger charge is 2.17. The van der Waals surface area contributed by atoms with Crippen molar-refractivity contribution < 1.29 is 14.3 Å². The number of imidazole rings is 1. The van der Waals surface area contributed by atoms with E-state index in [-0.39, 0.29) is 5.91 Å². The van der Waals surface area contributed by atoms with Crippen LogP contribution in [0.25, 0.3) is 11.0 Å². The number of carbonyl (C=O) groups excluding carboxylic acids is 1. The molecule has 4 rings (SSSR count). The Balaban J connectivity index is 1.54. The van der Waals surface area contributed by atoms with Crippen LogP contribution in [0.4, 0.5) is 0 Å². The summed E-state index contributed by atoms with van der Waals surface area (Å²) in [5, 5.41) is 0. The Hall–Kier alpha value is -3.87. The zero-order chi connectivity index (χ0) is 21.6. The Labute approximate surface area is 180 Å². The van der Waals surface area contributed by atoms with Crippen molar-refractivity contribution in [3.8, 4) is 11.5 Å². The van der Waals surface area contributed by atoms with Gasteiger partial charge in [0, 0.05) is 19.4 Å². The number of rotatable bonds is 8. The van der Waals surface area contributed by atoms with Crippen molar-refractivity contribution >= 4 is 16.9 Å². The number of amides is 1. The second-order valence-electron chi connectivity index (χ2n) is 7.07. The summed E-state index contributed by atoms with van der Waals surface area (Å²) in [7, 11) is 3.39. The van der Waals surface area contributed by atoms with Crippen molar-refractivity contribution in [1.29, 1.82) is 0 Å². The number of nitrogens with zero attached hydrogens (tertiary/aromatic N) is 4. The molecule has 0 fully saturated rings. The summed E-state index contributed by atoms with van der Waals surface area (Å²) in [5.74, 6) is 2.08. The fourth-order valence-electron chi connectivity index (χ4n) is 3.47. The van der Waals surface area contributed by atoms with E-state index in [1.54, 1.807) is 43.6 Å². The van der Waals surface area contributed by atoms with Gasteiger partial charge in [-0.05, 0) is 36.4 Å². The number of methoxy groups -OCH3 is 1. The van der Waals surface area contributed by atoms with Crippen LogP contribution < -0.4 is 9.47 Å². The highest BCUT2D eigenvalue weighted by Crippen LogP contribution is 2.26. The van der Waals surface area contributed by atoms with Gasteiger partial charge in [0.1, 0.15) is 12.4 Å². The third kappa shape index (κ3) is 4.50. The number of hydrogen-bond donors (Lipinski definition) is 0.